The van der Waals surface area contributed by atoms with Crippen LogP contribution in [-0.2, 0) is 15.1 Å². The third-order valence-corrected chi connectivity index (χ3v) is 4.78. The monoisotopic (exact) mass is 371 g/mol. The SMILES string of the molecule is CC(C)(O)c1ccc(-c2cnc3c(n2)N(C[C@@H]2CCCO2)CC(=O)N3)cn1.[HH]. The number of nitrogens with zero attached hydrogens (tertiary/aromatic N) is 4. The molecule has 2 aromatic rings. The maximum absolute atomic E-state index is 12.0. The third-order valence-electron chi connectivity index (χ3n) is 4.78. The Morgan fingerprint density at radius 1 is 1.37 bits per heavy atom. The summed E-state index contributed by atoms with van der Waals surface area (Å²) in [7, 11) is 0. The molecule has 4 rings (SSSR count). The number of carbonyl (C=O) groups excluding carboxylic acids is 1. The van der Waals surface area contributed by atoms with Crippen LogP contribution in [0.25, 0.3) is 11.3 Å². The number of nitrogens with one attached hydrogen (secondary N) is 1. The minimum absolute atomic E-state index is 0. The topological polar surface area (TPSA) is 100 Å². The van der Waals surface area contributed by atoms with Gasteiger partial charge in [0, 0.05) is 26.3 Å². The molecule has 0 spiro atoms. The summed E-state index contributed by atoms with van der Waals surface area (Å²) in [4.78, 5) is 27.4. The van der Waals surface area contributed by atoms with Gasteiger partial charge in [-0.25, -0.2) is 9.97 Å². The van der Waals surface area contributed by atoms with Crippen molar-refractivity contribution in [2.45, 2.75) is 38.4 Å². The van der Waals surface area contributed by atoms with Gasteiger partial charge in [-0.05, 0) is 38.8 Å². The van der Waals surface area contributed by atoms with Crippen molar-refractivity contribution in [2.75, 3.05) is 29.9 Å². The van der Waals surface area contributed by atoms with E-state index in [1.54, 1.807) is 32.3 Å². The first kappa shape index (κ1) is 17.8. The van der Waals surface area contributed by atoms with Crippen LogP contribution >= 0.6 is 0 Å². The predicted molar refractivity (Wildman–Crippen MR) is 102 cm³/mol. The van der Waals surface area contributed by atoms with E-state index in [9.17, 15) is 9.90 Å². The van der Waals surface area contributed by atoms with Gasteiger partial charge in [-0.2, -0.15) is 0 Å². The van der Waals surface area contributed by atoms with E-state index in [-0.39, 0.29) is 20.0 Å². The van der Waals surface area contributed by atoms with Crippen molar-refractivity contribution in [1.82, 2.24) is 15.0 Å². The molecule has 2 N–H and O–H groups in total. The predicted octanol–water partition coefficient (Wildman–Crippen LogP) is 1.95. The first-order valence-electron chi connectivity index (χ1n) is 9.13. The minimum Gasteiger partial charge on any atom is -0.384 e. The van der Waals surface area contributed by atoms with Crippen molar-refractivity contribution < 1.29 is 16.1 Å². The molecule has 8 nitrogen and oxygen atoms in total. The Labute approximate surface area is 159 Å². The van der Waals surface area contributed by atoms with E-state index in [1.807, 2.05) is 11.0 Å². The van der Waals surface area contributed by atoms with E-state index in [4.69, 9.17) is 9.72 Å². The summed E-state index contributed by atoms with van der Waals surface area (Å²) in [6, 6.07) is 3.64. The van der Waals surface area contributed by atoms with Gasteiger partial charge in [-0.1, -0.05) is 0 Å². The number of anilines is 2. The van der Waals surface area contributed by atoms with Crippen LogP contribution in [0.2, 0.25) is 0 Å². The van der Waals surface area contributed by atoms with Crippen LogP contribution in [0.4, 0.5) is 11.6 Å². The smallest absolute Gasteiger partial charge is 0.245 e. The number of hydrogen-bond acceptors (Lipinski definition) is 7. The average Bonchev–Trinajstić information content (AvgIpc) is 3.14. The van der Waals surface area contributed by atoms with Gasteiger partial charge < -0.3 is 20.1 Å². The normalized spacial score (nSPS) is 19.7. The molecule has 0 radical (unpaired) electrons. The van der Waals surface area contributed by atoms with Crippen LogP contribution in [-0.4, -0.2) is 51.8 Å². The molecule has 27 heavy (non-hydrogen) atoms. The number of hydrogen-bond donors (Lipinski definition) is 2. The second kappa shape index (κ2) is 6.86. The highest BCUT2D eigenvalue weighted by Crippen LogP contribution is 2.30. The highest BCUT2D eigenvalue weighted by molar-refractivity contribution is 5.99. The van der Waals surface area contributed by atoms with E-state index in [0.29, 0.717) is 29.6 Å². The second-order valence-corrected chi connectivity index (χ2v) is 7.48. The standard InChI is InChI=1S/C19H23N5O3.H2/c1-19(2,26)15-6-5-12(8-20-15)14-9-21-17-18(22-14)24(11-16(25)23-17)10-13-4-3-7-27-13;/h5-6,8-9,13,26H,3-4,7,10-11H2,1-2H3,(H,21,23,25);1H/t13-;/m0./s1. The number of fused-ring (bicyclic) bond motifs is 1. The largest absolute Gasteiger partial charge is 0.384 e. The minimum atomic E-state index is -0.998. The van der Waals surface area contributed by atoms with Crippen molar-refractivity contribution in [2.24, 2.45) is 0 Å². The molecular formula is C19H25N5O3. The molecule has 2 aromatic heterocycles. The lowest BCUT2D eigenvalue weighted by molar-refractivity contribution is -0.115. The first-order chi connectivity index (χ1) is 12.9. The summed E-state index contributed by atoms with van der Waals surface area (Å²) in [6.07, 6.45) is 5.44. The summed E-state index contributed by atoms with van der Waals surface area (Å²) < 4.78 is 5.71. The van der Waals surface area contributed by atoms with Crippen LogP contribution in [0.5, 0.6) is 0 Å². The number of ether oxygens (including phenoxy) is 1. The van der Waals surface area contributed by atoms with Crippen LogP contribution in [0.3, 0.4) is 0 Å². The summed E-state index contributed by atoms with van der Waals surface area (Å²) in [5.41, 5.74) is 1.05. The van der Waals surface area contributed by atoms with Crippen molar-refractivity contribution in [3.63, 3.8) is 0 Å². The molecule has 144 valence electrons. The fourth-order valence-electron chi connectivity index (χ4n) is 3.34. The number of amides is 1. The molecule has 0 bridgehead atoms. The Kier molecular flexibility index (Phi) is 4.53. The summed E-state index contributed by atoms with van der Waals surface area (Å²) in [5.74, 6) is 1.02. The Hall–Kier alpha value is -2.58. The molecule has 0 aliphatic carbocycles. The summed E-state index contributed by atoms with van der Waals surface area (Å²) in [6.45, 7) is 5.01. The van der Waals surface area contributed by atoms with Crippen LogP contribution in [0.15, 0.2) is 24.5 Å². The molecule has 2 aliphatic rings. The molecule has 2 aliphatic heterocycles. The van der Waals surface area contributed by atoms with Crippen LogP contribution < -0.4 is 10.2 Å². The molecular weight excluding hydrogens is 346 g/mol. The van der Waals surface area contributed by atoms with Crippen LogP contribution in [0, 0.1) is 0 Å². The lowest BCUT2D eigenvalue weighted by Gasteiger charge is -2.30. The zero-order chi connectivity index (χ0) is 19.0. The zero-order valence-electron chi connectivity index (χ0n) is 15.5. The van der Waals surface area contributed by atoms with Gasteiger partial charge >= 0.3 is 0 Å². The highest BCUT2D eigenvalue weighted by atomic mass is 16.5. The van der Waals surface area contributed by atoms with E-state index in [0.717, 1.165) is 25.0 Å². The summed E-state index contributed by atoms with van der Waals surface area (Å²) >= 11 is 0. The van der Waals surface area contributed by atoms with E-state index in [2.05, 4.69) is 15.3 Å². The van der Waals surface area contributed by atoms with Gasteiger partial charge in [-0.15, -0.1) is 0 Å². The number of aromatic nitrogens is 3. The quantitative estimate of drug-likeness (QED) is 0.847. The van der Waals surface area contributed by atoms with Crippen molar-refractivity contribution in [3.05, 3.63) is 30.2 Å². The maximum atomic E-state index is 12.0. The van der Waals surface area contributed by atoms with Crippen molar-refractivity contribution in [1.29, 1.82) is 0 Å². The Balaban J connectivity index is 0.00000225. The lowest BCUT2D eigenvalue weighted by Crippen LogP contribution is -2.43. The summed E-state index contributed by atoms with van der Waals surface area (Å²) in [5, 5.41) is 12.8. The molecule has 4 heterocycles. The van der Waals surface area contributed by atoms with Gasteiger partial charge in [0.25, 0.3) is 0 Å². The van der Waals surface area contributed by atoms with Gasteiger partial charge in [0.2, 0.25) is 5.91 Å². The zero-order valence-corrected chi connectivity index (χ0v) is 15.5. The molecule has 8 heteroatoms. The Bertz CT molecular complexity index is 848. The van der Waals surface area contributed by atoms with E-state index in [1.165, 1.54) is 0 Å². The number of aliphatic hydroxyl groups is 1. The van der Waals surface area contributed by atoms with Gasteiger partial charge in [-0.3, -0.25) is 9.78 Å². The number of carbonyl (C=O) groups is 1. The second-order valence-electron chi connectivity index (χ2n) is 7.48. The fourth-order valence-corrected chi connectivity index (χ4v) is 3.34. The molecule has 1 saturated heterocycles. The molecule has 1 atom stereocenters. The molecule has 1 amide bonds. The van der Waals surface area contributed by atoms with Gasteiger partial charge in [0.1, 0.15) is 5.60 Å². The molecule has 0 saturated carbocycles. The molecule has 0 aromatic carbocycles. The van der Waals surface area contributed by atoms with E-state index < -0.39 is 5.60 Å². The average molecular weight is 371 g/mol. The lowest BCUT2D eigenvalue weighted by atomic mass is 10.0. The van der Waals surface area contributed by atoms with Crippen LogP contribution in [0.1, 0.15) is 33.8 Å². The fraction of sp³-hybridized carbons (Fsp3) is 0.474. The third kappa shape index (κ3) is 3.77. The first-order valence-corrected chi connectivity index (χ1v) is 9.13. The van der Waals surface area contributed by atoms with Gasteiger partial charge in [0.05, 0.1) is 30.2 Å². The van der Waals surface area contributed by atoms with E-state index >= 15 is 0 Å². The number of rotatable bonds is 4. The highest BCUT2D eigenvalue weighted by Gasteiger charge is 2.29. The van der Waals surface area contributed by atoms with Gasteiger partial charge in [0.15, 0.2) is 11.6 Å². The molecule has 1 fully saturated rings. The maximum Gasteiger partial charge on any atom is 0.245 e. The Morgan fingerprint density at radius 2 is 2.22 bits per heavy atom. The van der Waals surface area contributed by atoms with Crippen molar-refractivity contribution in [3.8, 4) is 11.3 Å². The number of pyridine rings is 1. The Morgan fingerprint density at radius 3 is 2.89 bits per heavy atom. The molecule has 0 unspecified atom stereocenters. The van der Waals surface area contributed by atoms with Crippen molar-refractivity contribution >= 4 is 17.5 Å².